The van der Waals surface area contributed by atoms with Crippen LogP contribution in [0.3, 0.4) is 0 Å². The molecule has 0 amide bonds. The molecule has 3 aromatic rings. The number of aromatic amines is 1. The van der Waals surface area contributed by atoms with E-state index in [4.69, 9.17) is 10.5 Å². The molecule has 3 heterocycles. The molecule has 0 saturated carbocycles. The number of ether oxygens (including phenoxy) is 1. The number of anilines is 1. The molecule has 1 aromatic carbocycles. The number of fused-ring (bicyclic) bond motifs is 1. The molecular weight excluding hydrogens is 381 g/mol. The number of hydrogen-bond donors (Lipinski definition) is 3. The van der Waals surface area contributed by atoms with Crippen LogP contribution in [0.1, 0.15) is 19.7 Å². The van der Waals surface area contributed by atoms with Gasteiger partial charge in [-0.25, -0.2) is 18.6 Å². The van der Waals surface area contributed by atoms with E-state index < -0.39 is 16.6 Å². The fourth-order valence-electron chi connectivity index (χ4n) is 2.75. The van der Waals surface area contributed by atoms with Crippen LogP contribution in [0.5, 0.6) is 0 Å². The molecule has 1 aliphatic heterocycles. The van der Waals surface area contributed by atoms with Gasteiger partial charge in [0.1, 0.15) is 27.9 Å². The molecule has 3 unspecified atom stereocenters. The van der Waals surface area contributed by atoms with Crippen molar-refractivity contribution in [1.82, 2.24) is 20.3 Å². The van der Waals surface area contributed by atoms with Gasteiger partial charge in [-0.05, 0) is 32.9 Å². The van der Waals surface area contributed by atoms with E-state index in [0.29, 0.717) is 29.0 Å². The predicted molar refractivity (Wildman–Crippen MR) is 107 cm³/mol. The minimum absolute atomic E-state index is 0.0800. The Balaban J connectivity index is 0.000000236. The summed E-state index contributed by atoms with van der Waals surface area (Å²) < 4.78 is 31.7. The molecule has 1 fully saturated rings. The van der Waals surface area contributed by atoms with Gasteiger partial charge in [0.05, 0.1) is 40.1 Å². The third kappa shape index (κ3) is 4.54. The van der Waals surface area contributed by atoms with E-state index in [2.05, 4.69) is 34.1 Å². The van der Waals surface area contributed by atoms with Crippen LogP contribution >= 0.6 is 0 Å². The first kappa shape index (κ1) is 20.4. The molecular formula is C19H24FN5O2S. The van der Waals surface area contributed by atoms with Crippen molar-refractivity contribution >= 4 is 27.7 Å². The van der Waals surface area contributed by atoms with Crippen LogP contribution in [0.4, 0.5) is 10.2 Å². The average molecular weight is 405 g/mol. The minimum atomic E-state index is -1.74. The van der Waals surface area contributed by atoms with E-state index in [-0.39, 0.29) is 15.6 Å². The van der Waals surface area contributed by atoms with Gasteiger partial charge in [-0.2, -0.15) is 0 Å². The lowest BCUT2D eigenvalue weighted by molar-refractivity contribution is 0.0196. The maximum atomic E-state index is 13.8. The number of aryl methyl sites for hydroxylation is 1. The zero-order valence-corrected chi connectivity index (χ0v) is 16.8. The Morgan fingerprint density at radius 3 is 2.71 bits per heavy atom. The van der Waals surface area contributed by atoms with Crippen LogP contribution in [-0.2, 0) is 15.5 Å². The molecule has 9 heteroatoms. The number of hydrogen-bond acceptors (Lipinski definition) is 6. The van der Waals surface area contributed by atoms with Crippen molar-refractivity contribution in [1.29, 1.82) is 0 Å². The smallest absolute Gasteiger partial charge is 0.139 e. The molecule has 7 nitrogen and oxygen atoms in total. The fourth-order valence-corrected chi connectivity index (χ4v) is 4.00. The lowest BCUT2D eigenvalue weighted by Gasteiger charge is -2.25. The summed E-state index contributed by atoms with van der Waals surface area (Å²) in [6, 6.07) is 6.45. The Bertz CT molecular complexity index is 976. The molecule has 0 aliphatic carbocycles. The van der Waals surface area contributed by atoms with Crippen molar-refractivity contribution in [3.05, 3.63) is 42.1 Å². The largest absolute Gasteiger partial charge is 0.384 e. The van der Waals surface area contributed by atoms with Gasteiger partial charge in [0.2, 0.25) is 0 Å². The van der Waals surface area contributed by atoms with Crippen LogP contribution in [0, 0.1) is 12.7 Å². The number of rotatable bonds is 2. The van der Waals surface area contributed by atoms with E-state index in [1.807, 2.05) is 0 Å². The molecule has 2 aromatic heterocycles. The summed E-state index contributed by atoms with van der Waals surface area (Å²) >= 11 is 0. The number of nitrogens with one attached hydrogen (secondary N) is 2. The first-order chi connectivity index (χ1) is 13.4. The number of aromatic nitrogens is 3. The molecule has 150 valence electrons. The molecule has 0 spiro atoms. The highest BCUT2D eigenvalue weighted by molar-refractivity contribution is 7.85. The second-order valence-electron chi connectivity index (χ2n) is 6.70. The Labute approximate surface area is 165 Å². The molecule has 0 bridgehead atoms. The van der Waals surface area contributed by atoms with Gasteiger partial charge < -0.3 is 20.8 Å². The summed E-state index contributed by atoms with van der Waals surface area (Å²) in [4.78, 5) is 11.5. The number of morpholine rings is 1. The Morgan fingerprint density at radius 1 is 1.32 bits per heavy atom. The van der Waals surface area contributed by atoms with E-state index in [1.54, 1.807) is 25.3 Å². The third-order valence-electron chi connectivity index (χ3n) is 4.24. The highest BCUT2D eigenvalue weighted by Crippen LogP contribution is 2.30. The summed E-state index contributed by atoms with van der Waals surface area (Å²) in [5.74, 6) is 0.204. The number of benzene rings is 1. The third-order valence-corrected chi connectivity index (χ3v) is 5.76. The van der Waals surface area contributed by atoms with Crippen LogP contribution < -0.4 is 11.1 Å². The van der Waals surface area contributed by atoms with Crippen molar-refractivity contribution in [3.8, 4) is 0 Å². The zero-order valence-electron chi connectivity index (χ0n) is 16.0. The van der Waals surface area contributed by atoms with E-state index in [1.165, 1.54) is 12.1 Å². The maximum absolute atomic E-state index is 13.8. The lowest BCUT2D eigenvalue weighted by Crippen LogP contribution is -2.43. The Kier molecular flexibility index (Phi) is 6.38. The number of nitrogen functional groups attached to an aromatic ring is 1. The van der Waals surface area contributed by atoms with Gasteiger partial charge >= 0.3 is 0 Å². The minimum Gasteiger partial charge on any atom is -0.384 e. The Hall–Kier alpha value is -2.36. The van der Waals surface area contributed by atoms with Crippen LogP contribution in [0.2, 0.25) is 0 Å². The predicted octanol–water partition coefficient (Wildman–Crippen LogP) is 2.54. The maximum Gasteiger partial charge on any atom is 0.139 e. The molecule has 0 radical (unpaired) electrons. The van der Waals surface area contributed by atoms with Gasteiger partial charge in [-0.15, -0.1) is 0 Å². The monoisotopic (exact) mass is 405 g/mol. The summed E-state index contributed by atoms with van der Waals surface area (Å²) in [5, 5.41) is 3.31. The average Bonchev–Trinajstić information content (AvgIpc) is 2.99. The normalized spacial score (nSPS) is 20.4. The molecule has 4 rings (SSSR count). The van der Waals surface area contributed by atoms with Crippen LogP contribution in [0.15, 0.2) is 40.3 Å². The van der Waals surface area contributed by atoms with Crippen molar-refractivity contribution in [2.75, 3.05) is 18.9 Å². The first-order valence-electron chi connectivity index (χ1n) is 8.99. The number of halogens is 1. The highest BCUT2D eigenvalue weighted by Gasteiger charge is 2.21. The van der Waals surface area contributed by atoms with Gasteiger partial charge in [0.15, 0.2) is 0 Å². The number of H-pyrrole nitrogens is 1. The summed E-state index contributed by atoms with van der Waals surface area (Å²) in [6.07, 6.45) is 1.97. The second kappa shape index (κ2) is 8.76. The molecule has 3 atom stereocenters. The first-order valence-corrected chi connectivity index (χ1v) is 10.1. The second-order valence-corrected chi connectivity index (χ2v) is 8.09. The number of nitrogens with zero attached hydrogens (tertiary/aromatic N) is 2. The van der Waals surface area contributed by atoms with E-state index in [0.717, 1.165) is 13.2 Å². The van der Waals surface area contributed by atoms with Gasteiger partial charge in [-0.3, -0.25) is 0 Å². The van der Waals surface area contributed by atoms with E-state index in [9.17, 15) is 8.60 Å². The van der Waals surface area contributed by atoms with Crippen molar-refractivity contribution in [2.24, 2.45) is 0 Å². The van der Waals surface area contributed by atoms with Crippen molar-refractivity contribution in [2.45, 2.75) is 42.7 Å². The number of nitrogens with two attached hydrogens (primary N) is 1. The van der Waals surface area contributed by atoms with Gasteiger partial charge in [0, 0.05) is 12.6 Å². The van der Waals surface area contributed by atoms with Crippen LogP contribution in [-0.4, -0.2) is 44.5 Å². The SMILES string of the molecule is CC1COC(C)CN1.Cc1ncc2[nH]c(N)c(S(=O)c3ccccc3F)c2n1. The van der Waals surface area contributed by atoms with Crippen molar-refractivity contribution in [3.63, 3.8) is 0 Å². The van der Waals surface area contributed by atoms with E-state index >= 15 is 0 Å². The van der Waals surface area contributed by atoms with Gasteiger partial charge in [0.25, 0.3) is 0 Å². The molecule has 28 heavy (non-hydrogen) atoms. The quantitative estimate of drug-likeness (QED) is 0.605. The topological polar surface area (TPSA) is 106 Å². The molecule has 4 N–H and O–H groups in total. The fraction of sp³-hybridized carbons (Fsp3) is 0.368. The Morgan fingerprint density at radius 2 is 2.07 bits per heavy atom. The standard InChI is InChI=1S/C13H11FN4OS.C6H13NO/c1-7-16-6-9-11(17-7)12(13(15)18-9)20(19)10-5-3-2-4-8(10)14;1-5-4-8-6(2)3-7-5/h2-6,18H,15H2,1H3;5-7H,3-4H2,1-2H3. The zero-order chi connectivity index (χ0) is 20.3. The summed E-state index contributed by atoms with van der Waals surface area (Å²) in [7, 11) is -1.74. The molecule has 1 saturated heterocycles. The summed E-state index contributed by atoms with van der Waals surface area (Å²) in [6.45, 7) is 7.80. The van der Waals surface area contributed by atoms with Crippen molar-refractivity contribution < 1.29 is 13.3 Å². The van der Waals surface area contributed by atoms with Crippen LogP contribution in [0.25, 0.3) is 11.0 Å². The molecule has 1 aliphatic rings. The highest BCUT2D eigenvalue weighted by atomic mass is 32.2. The summed E-state index contributed by atoms with van der Waals surface area (Å²) in [5.41, 5.74) is 6.88. The van der Waals surface area contributed by atoms with Gasteiger partial charge in [-0.1, -0.05) is 12.1 Å². The lowest BCUT2D eigenvalue weighted by atomic mass is 10.3.